The maximum absolute atomic E-state index is 13.2. The van der Waals surface area contributed by atoms with E-state index in [4.69, 9.17) is 4.74 Å². The second kappa shape index (κ2) is 9.43. The molecule has 1 saturated heterocycles. The molecule has 0 radical (unpaired) electrons. The SMILES string of the molecule is CC1Cc2ccc(-c3ccccc3)cc2C(CCN2CCN(c3ccc(F)cc3)CC2)O1. The smallest absolute Gasteiger partial charge is 0.123 e. The molecule has 3 nitrogen and oxygen atoms in total. The second-order valence-corrected chi connectivity index (χ2v) is 9.01. The summed E-state index contributed by atoms with van der Waals surface area (Å²) in [6.07, 6.45) is 2.39. The second-order valence-electron chi connectivity index (χ2n) is 9.01. The van der Waals surface area contributed by atoms with E-state index in [1.165, 1.54) is 22.3 Å². The lowest BCUT2D eigenvalue weighted by Crippen LogP contribution is -2.47. The van der Waals surface area contributed by atoms with E-state index in [2.05, 4.69) is 65.3 Å². The Morgan fingerprint density at radius 1 is 0.875 bits per heavy atom. The number of nitrogens with zero attached hydrogens (tertiary/aromatic N) is 2. The minimum Gasteiger partial charge on any atom is -0.370 e. The van der Waals surface area contributed by atoms with Crippen molar-refractivity contribution in [2.75, 3.05) is 37.6 Å². The molecule has 166 valence electrons. The maximum atomic E-state index is 13.2. The Kier molecular flexibility index (Phi) is 6.24. The molecule has 2 unspecified atom stereocenters. The molecule has 0 aliphatic carbocycles. The van der Waals surface area contributed by atoms with Gasteiger partial charge in [-0.1, -0.05) is 42.5 Å². The van der Waals surface area contributed by atoms with Gasteiger partial charge in [-0.25, -0.2) is 4.39 Å². The van der Waals surface area contributed by atoms with Crippen molar-refractivity contribution < 1.29 is 9.13 Å². The summed E-state index contributed by atoms with van der Waals surface area (Å²) in [5.74, 6) is -0.176. The molecule has 0 saturated carbocycles. The average Bonchev–Trinajstić information content (AvgIpc) is 2.83. The van der Waals surface area contributed by atoms with Gasteiger partial charge < -0.3 is 9.64 Å². The molecule has 4 heteroatoms. The predicted molar refractivity (Wildman–Crippen MR) is 129 cm³/mol. The normalized spacial score (nSPS) is 21.4. The standard InChI is InChI=1S/C28H31FN2O/c1-21-19-24-8-7-23(22-5-3-2-4-6-22)20-27(24)28(32-21)13-14-30-15-17-31(18-16-30)26-11-9-25(29)10-12-26/h2-12,20-21,28H,13-19H2,1H3. The molecule has 1 fully saturated rings. The molecule has 5 rings (SSSR count). The number of piperazine rings is 1. The van der Waals surface area contributed by atoms with Crippen molar-refractivity contribution in [2.45, 2.75) is 32.0 Å². The monoisotopic (exact) mass is 430 g/mol. The van der Waals surface area contributed by atoms with E-state index < -0.39 is 0 Å². The summed E-state index contributed by atoms with van der Waals surface area (Å²) in [6.45, 7) is 7.21. The van der Waals surface area contributed by atoms with Crippen molar-refractivity contribution in [3.63, 3.8) is 0 Å². The van der Waals surface area contributed by atoms with Crippen molar-refractivity contribution in [1.29, 1.82) is 0 Å². The van der Waals surface area contributed by atoms with E-state index in [-0.39, 0.29) is 18.0 Å². The third-order valence-corrected chi connectivity index (χ3v) is 6.78. The largest absolute Gasteiger partial charge is 0.370 e. The highest BCUT2D eigenvalue weighted by Gasteiger charge is 2.27. The van der Waals surface area contributed by atoms with Gasteiger partial charge in [-0.3, -0.25) is 4.90 Å². The molecule has 0 amide bonds. The minimum absolute atomic E-state index is 0.146. The first kappa shape index (κ1) is 21.2. The first-order chi connectivity index (χ1) is 15.7. The Hall–Kier alpha value is -2.69. The van der Waals surface area contributed by atoms with Crippen molar-refractivity contribution in [1.82, 2.24) is 4.90 Å². The zero-order valence-electron chi connectivity index (χ0n) is 18.7. The Labute approximate surface area is 190 Å². The molecule has 2 heterocycles. The zero-order valence-corrected chi connectivity index (χ0v) is 18.7. The van der Waals surface area contributed by atoms with Crippen LogP contribution in [0.4, 0.5) is 10.1 Å². The molecule has 0 N–H and O–H groups in total. The van der Waals surface area contributed by atoms with E-state index in [1.54, 1.807) is 12.1 Å². The summed E-state index contributed by atoms with van der Waals surface area (Å²) in [5, 5.41) is 0. The van der Waals surface area contributed by atoms with Gasteiger partial charge in [0.1, 0.15) is 5.82 Å². The van der Waals surface area contributed by atoms with E-state index in [1.807, 2.05) is 12.1 Å². The van der Waals surface area contributed by atoms with Crippen LogP contribution in [-0.4, -0.2) is 43.7 Å². The third-order valence-electron chi connectivity index (χ3n) is 6.78. The van der Waals surface area contributed by atoms with Gasteiger partial charge in [0, 0.05) is 38.4 Å². The Morgan fingerprint density at radius 3 is 2.38 bits per heavy atom. The van der Waals surface area contributed by atoms with Crippen LogP contribution < -0.4 is 4.90 Å². The lowest BCUT2D eigenvalue weighted by atomic mass is 9.90. The minimum atomic E-state index is -0.176. The molecule has 0 bridgehead atoms. The van der Waals surface area contributed by atoms with Gasteiger partial charge >= 0.3 is 0 Å². The molecule has 3 aromatic rings. The number of hydrogen-bond donors (Lipinski definition) is 0. The summed E-state index contributed by atoms with van der Waals surface area (Å²) >= 11 is 0. The summed E-state index contributed by atoms with van der Waals surface area (Å²) in [5.41, 5.74) is 6.41. The molecule has 2 aliphatic heterocycles. The zero-order chi connectivity index (χ0) is 21.9. The van der Waals surface area contributed by atoms with Crippen LogP contribution in [0.25, 0.3) is 11.1 Å². The first-order valence-corrected chi connectivity index (χ1v) is 11.7. The molecule has 0 aromatic heterocycles. The molecular weight excluding hydrogens is 399 g/mol. The van der Waals surface area contributed by atoms with E-state index in [0.29, 0.717) is 0 Å². The van der Waals surface area contributed by atoms with E-state index >= 15 is 0 Å². The van der Waals surface area contributed by atoms with Crippen LogP contribution in [-0.2, 0) is 11.2 Å². The van der Waals surface area contributed by atoms with Gasteiger partial charge in [0.2, 0.25) is 0 Å². The highest BCUT2D eigenvalue weighted by Crippen LogP contribution is 2.35. The number of halogens is 1. The van der Waals surface area contributed by atoms with Gasteiger partial charge in [0.15, 0.2) is 0 Å². The summed E-state index contributed by atoms with van der Waals surface area (Å²) < 4.78 is 19.6. The van der Waals surface area contributed by atoms with Crippen LogP contribution in [0.3, 0.4) is 0 Å². The van der Waals surface area contributed by atoms with Crippen LogP contribution in [0.1, 0.15) is 30.6 Å². The van der Waals surface area contributed by atoms with Crippen LogP contribution >= 0.6 is 0 Å². The summed E-state index contributed by atoms with van der Waals surface area (Å²) in [7, 11) is 0. The fraction of sp³-hybridized carbons (Fsp3) is 0.357. The molecule has 2 atom stereocenters. The highest BCUT2D eigenvalue weighted by atomic mass is 19.1. The Morgan fingerprint density at radius 2 is 1.62 bits per heavy atom. The predicted octanol–water partition coefficient (Wildman–Crippen LogP) is 5.71. The summed E-state index contributed by atoms with van der Waals surface area (Å²) in [4.78, 5) is 4.87. The quantitative estimate of drug-likeness (QED) is 0.516. The van der Waals surface area contributed by atoms with Crippen LogP contribution in [0.2, 0.25) is 0 Å². The van der Waals surface area contributed by atoms with E-state index in [0.717, 1.165) is 51.3 Å². The fourth-order valence-corrected chi connectivity index (χ4v) is 5.01. The van der Waals surface area contributed by atoms with Crippen molar-refractivity contribution >= 4 is 5.69 Å². The average molecular weight is 431 g/mol. The molecule has 32 heavy (non-hydrogen) atoms. The number of anilines is 1. The van der Waals surface area contributed by atoms with Crippen LogP contribution in [0, 0.1) is 5.82 Å². The molecule has 0 spiro atoms. The Bertz CT molecular complexity index is 1030. The highest BCUT2D eigenvalue weighted by molar-refractivity contribution is 5.65. The number of benzene rings is 3. The van der Waals surface area contributed by atoms with Gasteiger partial charge in [-0.2, -0.15) is 0 Å². The number of fused-ring (bicyclic) bond motifs is 1. The Balaban J connectivity index is 1.23. The lowest BCUT2D eigenvalue weighted by molar-refractivity contribution is -0.0242. The van der Waals surface area contributed by atoms with Crippen LogP contribution in [0.15, 0.2) is 72.8 Å². The maximum Gasteiger partial charge on any atom is 0.123 e. The molecule has 2 aliphatic rings. The van der Waals surface area contributed by atoms with Crippen molar-refractivity contribution in [3.8, 4) is 11.1 Å². The summed E-state index contributed by atoms with van der Waals surface area (Å²) in [6, 6.07) is 24.3. The van der Waals surface area contributed by atoms with E-state index in [9.17, 15) is 4.39 Å². The van der Waals surface area contributed by atoms with Crippen molar-refractivity contribution in [2.24, 2.45) is 0 Å². The number of hydrogen-bond acceptors (Lipinski definition) is 3. The number of rotatable bonds is 5. The third kappa shape index (κ3) is 4.72. The van der Waals surface area contributed by atoms with Gasteiger partial charge in [0.25, 0.3) is 0 Å². The van der Waals surface area contributed by atoms with Gasteiger partial charge in [0.05, 0.1) is 12.2 Å². The van der Waals surface area contributed by atoms with Gasteiger partial charge in [-0.15, -0.1) is 0 Å². The van der Waals surface area contributed by atoms with Gasteiger partial charge in [-0.05, 0) is 72.4 Å². The van der Waals surface area contributed by atoms with Crippen LogP contribution in [0.5, 0.6) is 0 Å². The molecular formula is C28H31FN2O. The van der Waals surface area contributed by atoms with Crippen molar-refractivity contribution in [3.05, 3.63) is 89.7 Å². The topological polar surface area (TPSA) is 15.7 Å². The first-order valence-electron chi connectivity index (χ1n) is 11.7. The molecule has 3 aromatic carbocycles. The lowest BCUT2D eigenvalue weighted by Gasteiger charge is -2.37. The number of ether oxygens (including phenoxy) is 1. The fourth-order valence-electron chi connectivity index (χ4n) is 5.01.